The SMILES string of the molecule is CCCC[C@@H](CCl)CC=C[C@H]1CCC(=O)[C@@H]1CCCCCC(O)(O)C(=O)CO. The van der Waals surface area contributed by atoms with Crippen molar-refractivity contribution in [1.29, 1.82) is 0 Å². The summed E-state index contributed by atoms with van der Waals surface area (Å²) < 4.78 is 0. The zero-order valence-electron chi connectivity index (χ0n) is 17.1. The van der Waals surface area contributed by atoms with Crippen molar-refractivity contribution < 1.29 is 24.9 Å². The van der Waals surface area contributed by atoms with Gasteiger partial charge in [-0.25, -0.2) is 0 Å². The zero-order chi connectivity index (χ0) is 21.0. The maximum Gasteiger partial charge on any atom is 0.226 e. The summed E-state index contributed by atoms with van der Waals surface area (Å²) in [6.45, 7) is 1.31. The quantitative estimate of drug-likeness (QED) is 0.163. The summed E-state index contributed by atoms with van der Waals surface area (Å²) in [5.41, 5.74) is 0. The Labute approximate surface area is 174 Å². The minimum Gasteiger partial charge on any atom is -0.388 e. The topological polar surface area (TPSA) is 94.8 Å². The van der Waals surface area contributed by atoms with Gasteiger partial charge < -0.3 is 15.3 Å². The molecular weight excluding hydrogens is 380 g/mol. The van der Waals surface area contributed by atoms with E-state index in [1.54, 1.807) is 0 Å². The molecule has 0 amide bonds. The highest BCUT2D eigenvalue weighted by molar-refractivity contribution is 6.18. The standard InChI is InChI=1S/C22H37ClO5/c1-2-3-8-17(15-23)9-7-10-18-12-13-20(25)19(18)11-5-4-6-14-22(27,28)21(26)16-24/h7,10,17-19,24,27-28H,2-6,8-9,11-16H2,1H3/t17-,18+,19-/m1/s1. The highest BCUT2D eigenvalue weighted by Crippen LogP contribution is 2.34. The largest absolute Gasteiger partial charge is 0.388 e. The number of ketones is 2. The van der Waals surface area contributed by atoms with Crippen LogP contribution in [0.1, 0.15) is 77.6 Å². The molecule has 0 bridgehead atoms. The smallest absolute Gasteiger partial charge is 0.226 e. The molecule has 3 N–H and O–H groups in total. The van der Waals surface area contributed by atoms with E-state index in [9.17, 15) is 19.8 Å². The van der Waals surface area contributed by atoms with E-state index in [-0.39, 0.29) is 12.3 Å². The van der Waals surface area contributed by atoms with Crippen molar-refractivity contribution in [2.45, 2.75) is 83.3 Å². The van der Waals surface area contributed by atoms with Crippen molar-refractivity contribution in [3.05, 3.63) is 12.2 Å². The van der Waals surface area contributed by atoms with Gasteiger partial charge in [-0.1, -0.05) is 44.8 Å². The molecule has 0 unspecified atom stereocenters. The third-order valence-electron chi connectivity index (χ3n) is 5.82. The minimum absolute atomic E-state index is 0.0495. The number of unbranched alkanes of at least 4 members (excludes halogenated alkanes) is 3. The van der Waals surface area contributed by atoms with Crippen molar-refractivity contribution in [1.82, 2.24) is 0 Å². The van der Waals surface area contributed by atoms with E-state index in [1.807, 2.05) is 0 Å². The van der Waals surface area contributed by atoms with Crippen LogP contribution in [0.25, 0.3) is 0 Å². The number of allylic oxidation sites excluding steroid dienone is 2. The normalized spacial score (nSPS) is 21.5. The third kappa shape index (κ3) is 8.73. The lowest BCUT2D eigenvalue weighted by Gasteiger charge is -2.19. The van der Waals surface area contributed by atoms with Crippen molar-refractivity contribution in [2.24, 2.45) is 17.8 Å². The fourth-order valence-electron chi connectivity index (χ4n) is 3.91. The monoisotopic (exact) mass is 416 g/mol. The van der Waals surface area contributed by atoms with E-state index in [1.165, 1.54) is 12.8 Å². The van der Waals surface area contributed by atoms with E-state index in [4.69, 9.17) is 16.7 Å². The Hall–Kier alpha value is -0.750. The second-order valence-electron chi connectivity index (χ2n) is 8.10. The number of halogens is 1. The Morgan fingerprint density at radius 1 is 1.29 bits per heavy atom. The number of aliphatic hydroxyl groups excluding tert-OH is 1. The molecule has 0 aliphatic heterocycles. The van der Waals surface area contributed by atoms with Gasteiger partial charge in [0.15, 0.2) is 0 Å². The number of carbonyl (C=O) groups is 2. The first-order chi connectivity index (χ1) is 13.4. The van der Waals surface area contributed by atoms with Crippen LogP contribution in [0.4, 0.5) is 0 Å². The molecule has 3 atom stereocenters. The Morgan fingerprint density at radius 2 is 2.04 bits per heavy atom. The zero-order valence-corrected chi connectivity index (χ0v) is 17.9. The Balaban J connectivity index is 2.37. The van der Waals surface area contributed by atoms with Crippen LogP contribution in [0.3, 0.4) is 0 Å². The molecule has 6 heteroatoms. The first-order valence-corrected chi connectivity index (χ1v) is 11.2. The first kappa shape index (κ1) is 25.3. The maximum absolute atomic E-state index is 12.2. The van der Waals surface area contributed by atoms with Gasteiger partial charge in [0.05, 0.1) is 0 Å². The van der Waals surface area contributed by atoms with Gasteiger partial charge in [-0.2, -0.15) is 0 Å². The minimum atomic E-state index is -2.44. The molecule has 0 spiro atoms. The van der Waals surface area contributed by atoms with E-state index < -0.39 is 18.2 Å². The number of hydrogen-bond donors (Lipinski definition) is 3. The number of carbonyl (C=O) groups excluding carboxylic acids is 2. The molecule has 0 aromatic rings. The molecule has 0 aromatic carbocycles. The van der Waals surface area contributed by atoms with Crippen molar-refractivity contribution in [3.8, 4) is 0 Å². The molecule has 162 valence electrons. The average molecular weight is 417 g/mol. The van der Waals surface area contributed by atoms with Gasteiger partial charge in [0.1, 0.15) is 12.4 Å². The van der Waals surface area contributed by atoms with Crippen molar-refractivity contribution in [2.75, 3.05) is 12.5 Å². The summed E-state index contributed by atoms with van der Waals surface area (Å²) in [6, 6.07) is 0. The molecule has 1 aliphatic carbocycles. The van der Waals surface area contributed by atoms with E-state index in [0.717, 1.165) is 32.1 Å². The summed E-state index contributed by atoms with van der Waals surface area (Å²) in [4.78, 5) is 23.4. The highest BCUT2D eigenvalue weighted by Gasteiger charge is 2.33. The van der Waals surface area contributed by atoms with Gasteiger partial charge in [-0.05, 0) is 43.9 Å². The van der Waals surface area contributed by atoms with Crippen LogP contribution in [-0.2, 0) is 9.59 Å². The fourth-order valence-corrected chi connectivity index (χ4v) is 4.20. The van der Waals surface area contributed by atoms with Crippen molar-refractivity contribution >= 4 is 23.2 Å². The molecule has 5 nitrogen and oxygen atoms in total. The number of alkyl halides is 1. The maximum atomic E-state index is 12.2. The number of rotatable bonds is 15. The van der Waals surface area contributed by atoms with Gasteiger partial charge in [0, 0.05) is 24.6 Å². The molecule has 0 saturated heterocycles. The molecule has 28 heavy (non-hydrogen) atoms. The van der Waals surface area contributed by atoms with Crippen molar-refractivity contribution in [3.63, 3.8) is 0 Å². The third-order valence-corrected chi connectivity index (χ3v) is 6.26. The van der Waals surface area contributed by atoms with Crippen LogP contribution in [-0.4, -0.2) is 45.2 Å². The number of hydrogen-bond acceptors (Lipinski definition) is 5. The predicted octanol–water partition coefficient (Wildman–Crippen LogP) is 3.77. The molecule has 1 fully saturated rings. The highest BCUT2D eigenvalue weighted by atomic mass is 35.5. The molecular formula is C22H37ClO5. The molecule has 1 aliphatic rings. The lowest BCUT2D eigenvalue weighted by atomic mass is 9.88. The second-order valence-corrected chi connectivity index (χ2v) is 8.41. The Bertz CT molecular complexity index is 503. The second kappa shape index (κ2) is 13.5. The van der Waals surface area contributed by atoms with Gasteiger partial charge in [-0.15, -0.1) is 11.6 Å². The van der Waals surface area contributed by atoms with E-state index in [0.29, 0.717) is 42.8 Å². The van der Waals surface area contributed by atoms with Crippen LogP contribution >= 0.6 is 11.6 Å². The number of aliphatic hydroxyl groups is 3. The van der Waals surface area contributed by atoms with Gasteiger partial charge >= 0.3 is 0 Å². The molecule has 1 rings (SSSR count). The Morgan fingerprint density at radius 3 is 2.68 bits per heavy atom. The lowest BCUT2D eigenvalue weighted by Crippen LogP contribution is -2.40. The molecule has 0 heterocycles. The number of Topliss-reactive ketones (excluding diaryl/α,β-unsaturated/α-hetero) is 2. The molecule has 0 aromatic heterocycles. The van der Waals surface area contributed by atoms with Crippen LogP contribution in [0, 0.1) is 17.8 Å². The van der Waals surface area contributed by atoms with Crippen LogP contribution in [0.15, 0.2) is 12.2 Å². The summed E-state index contributed by atoms with van der Waals surface area (Å²) in [5.74, 6) is -1.57. The van der Waals surface area contributed by atoms with Gasteiger partial charge in [0.2, 0.25) is 11.6 Å². The summed E-state index contributed by atoms with van der Waals surface area (Å²) in [7, 11) is 0. The van der Waals surface area contributed by atoms with Crippen LogP contribution in [0.5, 0.6) is 0 Å². The van der Waals surface area contributed by atoms with Crippen LogP contribution in [0.2, 0.25) is 0 Å². The summed E-state index contributed by atoms with van der Waals surface area (Å²) in [5, 5.41) is 27.9. The van der Waals surface area contributed by atoms with Crippen LogP contribution < -0.4 is 0 Å². The summed E-state index contributed by atoms with van der Waals surface area (Å²) in [6.07, 6.45) is 13.1. The van der Waals surface area contributed by atoms with Gasteiger partial charge in [-0.3, -0.25) is 9.59 Å². The Kier molecular flexibility index (Phi) is 12.2. The van der Waals surface area contributed by atoms with E-state index >= 15 is 0 Å². The predicted molar refractivity (Wildman–Crippen MR) is 111 cm³/mol. The fraction of sp³-hybridized carbons (Fsp3) is 0.818. The van der Waals surface area contributed by atoms with E-state index in [2.05, 4.69) is 19.1 Å². The first-order valence-electron chi connectivity index (χ1n) is 10.7. The molecule has 1 saturated carbocycles. The average Bonchev–Trinajstić information content (AvgIpc) is 3.03. The molecule has 0 radical (unpaired) electrons. The lowest BCUT2D eigenvalue weighted by molar-refractivity contribution is -0.187. The summed E-state index contributed by atoms with van der Waals surface area (Å²) >= 11 is 6.05. The van der Waals surface area contributed by atoms with Gasteiger partial charge in [0.25, 0.3) is 0 Å².